The number of halogens is 1. The fourth-order valence-electron chi connectivity index (χ4n) is 1.79. The van der Waals surface area contributed by atoms with E-state index >= 15 is 0 Å². The number of rotatable bonds is 2. The highest BCUT2D eigenvalue weighted by Crippen LogP contribution is 2.22. The van der Waals surface area contributed by atoms with E-state index in [-0.39, 0.29) is 0 Å². The summed E-state index contributed by atoms with van der Waals surface area (Å²) >= 11 is 6.07. The Labute approximate surface area is 101 Å². The van der Waals surface area contributed by atoms with Crippen LogP contribution in [0.3, 0.4) is 0 Å². The molecular formula is C12H16ClN3. The lowest BCUT2D eigenvalue weighted by atomic mass is 10.0. The van der Waals surface area contributed by atoms with E-state index < -0.39 is 0 Å². The molecule has 0 aliphatic heterocycles. The standard InChI is InChI=1S/C12H16ClN3/c1-8-9(2)15-12(11(13)14-8)16-10-6-4-3-5-7-10/h3-4,10H,5-7H2,1-2H3,(H,15,16). The minimum absolute atomic E-state index is 0.430. The molecule has 0 fully saturated rings. The minimum Gasteiger partial charge on any atom is -0.364 e. The van der Waals surface area contributed by atoms with Gasteiger partial charge >= 0.3 is 0 Å². The van der Waals surface area contributed by atoms with E-state index in [0.717, 1.165) is 30.7 Å². The van der Waals surface area contributed by atoms with Crippen molar-refractivity contribution in [1.82, 2.24) is 9.97 Å². The zero-order valence-electron chi connectivity index (χ0n) is 9.63. The van der Waals surface area contributed by atoms with Gasteiger partial charge in [0.15, 0.2) is 11.0 Å². The Kier molecular flexibility index (Phi) is 3.44. The number of aryl methyl sites for hydroxylation is 2. The van der Waals surface area contributed by atoms with E-state index in [9.17, 15) is 0 Å². The van der Waals surface area contributed by atoms with Crippen LogP contribution < -0.4 is 5.32 Å². The Morgan fingerprint density at radius 1 is 1.25 bits per heavy atom. The average Bonchev–Trinajstić information content (AvgIpc) is 2.27. The molecule has 1 N–H and O–H groups in total. The summed E-state index contributed by atoms with van der Waals surface area (Å²) in [5.74, 6) is 0.713. The first-order valence-corrected chi connectivity index (χ1v) is 5.97. The smallest absolute Gasteiger partial charge is 0.171 e. The molecule has 0 saturated carbocycles. The van der Waals surface area contributed by atoms with Crippen LogP contribution in [0, 0.1) is 13.8 Å². The van der Waals surface area contributed by atoms with Crippen molar-refractivity contribution < 1.29 is 0 Å². The van der Waals surface area contributed by atoms with Crippen LogP contribution in [-0.4, -0.2) is 16.0 Å². The first kappa shape index (κ1) is 11.4. The number of aromatic nitrogens is 2. The van der Waals surface area contributed by atoms with Crippen LogP contribution in [0.1, 0.15) is 30.7 Å². The Morgan fingerprint density at radius 2 is 2.00 bits per heavy atom. The largest absolute Gasteiger partial charge is 0.364 e. The number of nitrogens with zero attached hydrogens (tertiary/aromatic N) is 2. The molecule has 86 valence electrons. The maximum Gasteiger partial charge on any atom is 0.171 e. The predicted molar refractivity (Wildman–Crippen MR) is 66.9 cm³/mol. The second-order valence-electron chi connectivity index (χ2n) is 4.16. The molecule has 1 aliphatic rings. The molecule has 2 rings (SSSR count). The Morgan fingerprint density at radius 3 is 2.69 bits per heavy atom. The van der Waals surface area contributed by atoms with Crippen molar-refractivity contribution in [2.24, 2.45) is 0 Å². The number of hydrogen-bond donors (Lipinski definition) is 1. The normalized spacial score (nSPS) is 19.8. The van der Waals surface area contributed by atoms with Crippen molar-refractivity contribution in [2.75, 3.05) is 5.32 Å². The minimum atomic E-state index is 0.430. The summed E-state index contributed by atoms with van der Waals surface area (Å²) < 4.78 is 0. The maximum atomic E-state index is 6.07. The zero-order valence-corrected chi connectivity index (χ0v) is 10.4. The van der Waals surface area contributed by atoms with Gasteiger partial charge in [0.1, 0.15) is 0 Å². The maximum absolute atomic E-state index is 6.07. The lowest BCUT2D eigenvalue weighted by Crippen LogP contribution is -2.21. The third kappa shape index (κ3) is 2.53. The Bertz CT molecular complexity index is 415. The van der Waals surface area contributed by atoms with E-state index in [1.807, 2.05) is 13.8 Å². The number of nitrogens with one attached hydrogen (secondary N) is 1. The molecule has 1 aliphatic carbocycles. The molecule has 1 aromatic rings. The quantitative estimate of drug-likeness (QED) is 0.803. The molecule has 0 saturated heterocycles. The molecule has 0 bridgehead atoms. The highest BCUT2D eigenvalue weighted by Gasteiger charge is 2.13. The highest BCUT2D eigenvalue weighted by atomic mass is 35.5. The molecule has 3 nitrogen and oxygen atoms in total. The van der Waals surface area contributed by atoms with Crippen LogP contribution in [0.25, 0.3) is 0 Å². The van der Waals surface area contributed by atoms with Gasteiger partial charge in [0.25, 0.3) is 0 Å². The van der Waals surface area contributed by atoms with Crippen LogP contribution in [0.5, 0.6) is 0 Å². The lowest BCUT2D eigenvalue weighted by molar-refractivity contribution is 0.641. The van der Waals surface area contributed by atoms with Gasteiger partial charge in [-0.3, -0.25) is 0 Å². The van der Waals surface area contributed by atoms with Crippen molar-refractivity contribution >= 4 is 17.4 Å². The summed E-state index contributed by atoms with van der Waals surface area (Å²) in [5.41, 5.74) is 1.82. The molecule has 1 atom stereocenters. The van der Waals surface area contributed by atoms with Gasteiger partial charge in [-0.2, -0.15) is 0 Å². The van der Waals surface area contributed by atoms with E-state index in [2.05, 4.69) is 27.4 Å². The van der Waals surface area contributed by atoms with Crippen molar-refractivity contribution in [3.8, 4) is 0 Å². The Hall–Kier alpha value is -1.09. The highest BCUT2D eigenvalue weighted by molar-refractivity contribution is 6.31. The van der Waals surface area contributed by atoms with Crippen molar-refractivity contribution in [2.45, 2.75) is 39.2 Å². The SMILES string of the molecule is Cc1nc(Cl)c(NC2CC=CCC2)nc1C. The van der Waals surface area contributed by atoms with Gasteiger partial charge in [0.2, 0.25) is 0 Å². The van der Waals surface area contributed by atoms with Gasteiger partial charge in [-0.05, 0) is 33.1 Å². The van der Waals surface area contributed by atoms with E-state index in [4.69, 9.17) is 11.6 Å². The molecule has 0 amide bonds. The van der Waals surface area contributed by atoms with Crippen LogP contribution >= 0.6 is 11.6 Å². The zero-order chi connectivity index (χ0) is 11.5. The summed E-state index contributed by atoms with van der Waals surface area (Å²) in [6.07, 6.45) is 7.69. The molecule has 1 aromatic heterocycles. The summed E-state index contributed by atoms with van der Waals surface area (Å²) in [6, 6.07) is 0.430. The van der Waals surface area contributed by atoms with Crippen molar-refractivity contribution in [3.05, 3.63) is 28.7 Å². The van der Waals surface area contributed by atoms with Crippen LogP contribution in [0.4, 0.5) is 5.82 Å². The third-order valence-corrected chi connectivity index (χ3v) is 3.14. The van der Waals surface area contributed by atoms with Gasteiger partial charge in [-0.1, -0.05) is 23.8 Å². The molecule has 0 radical (unpaired) electrons. The van der Waals surface area contributed by atoms with E-state index in [1.54, 1.807) is 0 Å². The monoisotopic (exact) mass is 237 g/mol. The number of allylic oxidation sites excluding steroid dienone is 1. The first-order valence-electron chi connectivity index (χ1n) is 5.59. The van der Waals surface area contributed by atoms with Crippen LogP contribution in [-0.2, 0) is 0 Å². The first-order chi connectivity index (χ1) is 7.66. The summed E-state index contributed by atoms with van der Waals surface area (Å²) in [5, 5.41) is 3.83. The van der Waals surface area contributed by atoms with Gasteiger partial charge in [0.05, 0.1) is 11.4 Å². The fourth-order valence-corrected chi connectivity index (χ4v) is 2.01. The second-order valence-corrected chi connectivity index (χ2v) is 4.52. The van der Waals surface area contributed by atoms with Crippen LogP contribution in [0.2, 0.25) is 5.15 Å². The summed E-state index contributed by atoms with van der Waals surface area (Å²) in [6.45, 7) is 3.87. The fraction of sp³-hybridized carbons (Fsp3) is 0.500. The summed E-state index contributed by atoms with van der Waals surface area (Å²) in [4.78, 5) is 8.70. The van der Waals surface area contributed by atoms with E-state index in [1.165, 1.54) is 0 Å². The molecular weight excluding hydrogens is 222 g/mol. The van der Waals surface area contributed by atoms with Crippen LogP contribution in [0.15, 0.2) is 12.2 Å². The predicted octanol–water partition coefficient (Wildman–Crippen LogP) is 3.27. The third-order valence-electron chi connectivity index (χ3n) is 2.87. The molecule has 4 heteroatoms. The van der Waals surface area contributed by atoms with Gasteiger partial charge in [-0.15, -0.1) is 0 Å². The van der Waals surface area contributed by atoms with Gasteiger partial charge < -0.3 is 5.32 Å². The van der Waals surface area contributed by atoms with Gasteiger partial charge in [0, 0.05) is 6.04 Å². The molecule has 0 aromatic carbocycles. The Balaban J connectivity index is 2.14. The van der Waals surface area contributed by atoms with Crippen molar-refractivity contribution in [3.63, 3.8) is 0 Å². The van der Waals surface area contributed by atoms with E-state index in [0.29, 0.717) is 17.0 Å². The number of anilines is 1. The topological polar surface area (TPSA) is 37.8 Å². The molecule has 0 spiro atoms. The number of hydrogen-bond acceptors (Lipinski definition) is 3. The van der Waals surface area contributed by atoms with Gasteiger partial charge in [-0.25, -0.2) is 9.97 Å². The van der Waals surface area contributed by atoms with Crippen molar-refractivity contribution in [1.29, 1.82) is 0 Å². The summed E-state index contributed by atoms with van der Waals surface area (Å²) in [7, 11) is 0. The average molecular weight is 238 g/mol. The molecule has 1 heterocycles. The molecule has 1 unspecified atom stereocenters. The second kappa shape index (κ2) is 4.83. The molecule has 16 heavy (non-hydrogen) atoms. The lowest BCUT2D eigenvalue weighted by Gasteiger charge is -2.20.